The van der Waals surface area contributed by atoms with Crippen LogP contribution in [-0.4, -0.2) is 11.5 Å². The highest BCUT2D eigenvalue weighted by atomic mass is 14.9. The molecule has 3 heteroatoms. The summed E-state index contributed by atoms with van der Waals surface area (Å²) in [4.78, 5) is 4.06. The lowest BCUT2D eigenvalue weighted by molar-refractivity contribution is 0.275. The minimum absolute atomic E-state index is 0.524. The SMILES string of the molecule is CC(C)C(CNCc1cccnc1C#N)C(C)C. The van der Waals surface area contributed by atoms with E-state index < -0.39 is 0 Å². The third-order valence-electron chi connectivity index (χ3n) is 3.41. The summed E-state index contributed by atoms with van der Waals surface area (Å²) in [6.07, 6.45) is 1.66. The van der Waals surface area contributed by atoms with E-state index in [4.69, 9.17) is 5.26 Å². The van der Waals surface area contributed by atoms with Gasteiger partial charge in [-0.2, -0.15) is 5.26 Å². The monoisotopic (exact) mass is 245 g/mol. The third kappa shape index (κ3) is 4.12. The third-order valence-corrected chi connectivity index (χ3v) is 3.41. The standard InChI is InChI=1S/C15H23N3/c1-11(2)14(12(3)4)10-17-9-13-6-5-7-18-15(13)8-16/h5-7,11-12,14,17H,9-10H2,1-4H3. The van der Waals surface area contributed by atoms with Gasteiger partial charge in [-0.1, -0.05) is 33.8 Å². The molecule has 1 N–H and O–H groups in total. The highest BCUT2D eigenvalue weighted by molar-refractivity contribution is 5.30. The second-order valence-corrected chi connectivity index (χ2v) is 5.41. The second kappa shape index (κ2) is 7.13. The van der Waals surface area contributed by atoms with Crippen molar-refractivity contribution in [3.63, 3.8) is 0 Å². The molecule has 1 heterocycles. The van der Waals surface area contributed by atoms with Crippen LogP contribution < -0.4 is 5.32 Å². The summed E-state index contributed by atoms with van der Waals surface area (Å²) in [6, 6.07) is 5.96. The second-order valence-electron chi connectivity index (χ2n) is 5.41. The molecule has 1 aromatic heterocycles. The van der Waals surface area contributed by atoms with Gasteiger partial charge in [0.2, 0.25) is 0 Å². The van der Waals surface area contributed by atoms with Crippen molar-refractivity contribution in [3.8, 4) is 6.07 Å². The van der Waals surface area contributed by atoms with Crippen molar-refractivity contribution in [3.05, 3.63) is 29.6 Å². The van der Waals surface area contributed by atoms with E-state index in [0.29, 0.717) is 30.0 Å². The van der Waals surface area contributed by atoms with Crippen LogP contribution in [0, 0.1) is 29.1 Å². The molecule has 98 valence electrons. The Hall–Kier alpha value is -1.40. The quantitative estimate of drug-likeness (QED) is 0.838. The molecule has 18 heavy (non-hydrogen) atoms. The van der Waals surface area contributed by atoms with Gasteiger partial charge in [-0.3, -0.25) is 0 Å². The van der Waals surface area contributed by atoms with Gasteiger partial charge in [0.1, 0.15) is 11.8 Å². The molecule has 3 nitrogen and oxygen atoms in total. The summed E-state index contributed by atoms with van der Waals surface area (Å²) < 4.78 is 0. The van der Waals surface area contributed by atoms with E-state index in [9.17, 15) is 0 Å². The van der Waals surface area contributed by atoms with Crippen LogP contribution in [0.3, 0.4) is 0 Å². The Kier molecular flexibility index (Phi) is 5.80. The Balaban J connectivity index is 2.53. The number of pyridine rings is 1. The lowest BCUT2D eigenvalue weighted by atomic mass is 9.85. The molecule has 0 spiro atoms. The molecule has 1 rings (SSSR count). The van der Waals surface area contributed by atoms with Crippen LogP contribution in [-0.2, 0) is 6.54 Å². The molecule has 0 radical (unpaired) electrons. The summed E-state index contributed by atoms with van der Waals surface area (Å²) in [5, 5.41) is 12.4. The Morgan fingerprint density at radius 3 is 2.50 bits per heavy atom. The van der Waals surface area contributed by atoms with E-state index in [1.807, 2.05) is 12.1 Å². The smallest absolute Gasteiger partial charge is 0.144 e. The minimum atomic E-state index is 0.524. The van der Waals surface area contributed by atoms with Crippen molar-refractivity contribution in [2.75, 3.05) is 6.54 Å². The predicted octanol–water partition coefficient (Wildman–Crippen LogP) is 2.97. The zero-order chi connectivity index (χ0) is 13.5. The normalized spacial score (nSPS) is 11.2. The van der Waals surface area contributed by atoms with Gasteiger partial charge in [-0.15, -0.1) is 0 Å². The molecular weight excluding hydrogens is 222 g/mol. The summed E-state index contributed by atoms with van der Waals surface area (Å²) >= 11 is 0. The van der Waals surface area contributed by atoms with E-state index in [1.54, 1.807) is 6.20 Å². The highest BCUT2D eigenvalue weighted by Crippen LogP contribution is 2.19. The lowest BCUT2D eigenvalue weighted by Crippen LogP contribution is -2.29. The van der Waals surface area contributed by atoms with E-state index >= 15 is 0 Å². The number of hydrogen-bond donors (Lipinski definition) is 1. The van der Waals surface area contributed by atoms with Gasteiger partial charge in [0.05, 0.1) is 0 Å². The van der Waals surface area contributed by atoms with E-state index in [-0.39, 0.29) is 0 Å². The van der Waals surface area contributed by atoms with Gasteiger partial charge in [0, 0.05) is 18.3 Å². The first-order chi connectivity index (χ1) is 8.56. The van der Waals surface area contributed by atoms with E-state index in [1.165, 1.54) is 0 Å². The van der Waals surface area contributed by atoms with Crippen molar-refractivity contribution in [2.45, 2.75) is 34.2 Å². The number of rotatable bonds is 6. The average Bonchev–Trinajstić information content (AvgIpc) is 2.34. The molecule has 0 fully saturated rings. The lowest BCUT2D eigenvalue weighted by Gasteiger charge is -2.25. The van der Waals surface area contributed by atoms with Gasteiger partial charge in [-0.25, -0.2) is 4.98 Å². The van der Waals surface area contributed by atoms with Crippen LogP contribution in [0.5, 0.6) is 0 Å². The molecule has 0 saturated carbocycles. The van der Waals surface area contributed by atoms with Gasteiger partial charge < -0.3 is 5.32 Å². The summed E-state index contributed by atoms with van der Waals surface area (Å²) in [5.74, 6) is 2.00. The number of aromatic nitrogens is 1. The van der Waals surface area contributed by atoms with Crippen molar-refractivity contribution in [1.82, 2.24) is 10.3 Å². The van der Waals surface area contributed by atoms with Crippen molar-refractivity contribution in [2.24, 2.45) is 17.8 Å². The summed E-state index contributed by atoms with van der Waals surface area (Å²) in [6.45, 7) is 10.7. The zero-order valence-corrected chi connectivity index (χ0v) is 11.8. The van der Waals surface area contributed by atoms with Crippen molar-refractivity contribution < 1.29 is 0 Å². The molecule has 0 aliphatic heterocycles. The van der Waals surface area contributed by atoms with Gasteiger partial charge in [0.25, 0.3) is 0 Å². The van der Waals surface area contributed by atoms with Crippen molar-refractivity contribution >= 4 is 0 Å². The number of hydrogen-bond acceptors (Lipinski definition) is 3. The Morgan fingerprint density at radius 2 is 1.94 bits per heavy atom. The van der Waals surface area contributed by atoms with Crippen LogP contribution in [0.4, 0.5) is 0 Å². The molecule has 0 atom stereocenters. The number of nitrogens with one attached hydrogen (secondary N) is 1. The van der Waals surface area contributed by atoms with Crippen LogP contribution in [0.2, 0.25) is 0 Å². The molecule has 1 aromatic rings. The molecule has 0 aliphatic rings. The minimum Gasteiger partial charge on any atom is -0.312 e. The fourth-order valence-corrected chi connectivity index (χ4v) is 2.30. The largest absolute Gasteiger partial charge is 0.312 e. The number of nitriles is 1. The number of nitrogens with zero attached hydrogens (tertiary/aromatic N) is 2. The first kappa shape index (κ1) is 14.7. The van der Waals surface area contributed by atoms with Gasteiger partial charge >= 0.3 is 0 Å². The van der Waals surface area contributed by atoms with Crippen LogP contribution in [0.15, 0.2) is 18.3 Å². The van der Waals surface area contributed by atoms with E-state index in [0.717, 1.165) is 12.1 Å². The molecule has 0 aliphatic carbocycles. The predicted molar refractivity (Wildman–Crippen MR) is 73.8 cm³/mol. The fraction of sp³-hybridized carbons (Fsp3) is 0.600. The molecule has 0 unspecified atom stereocenters. The van der Waals surface area contributed by atoms with Crippen LogP contribution >= 0.6 is 0 Å². The van der Waals surface area contributed by atoms with Crippen LogP contribution in [0.25, 0.3) is 0 Å². The van der Waals surface area contributed by atoms with Gasteiger partial charge in [-0.05, 0) is 30.4 Å². The highest BCUT2D eigenvalue weighted by Gasteiger charge is 2.16. The maximum atomic E-state index is 8.96. The first-order valence-electron chi connectivity index (χ1n) is 6.61. The summed E-state index contributed by atoms with van der Waals surface area (Å²) in [5.41, 5.74) is 1.50. The summed E-state index contributed by atoms with van der Waals surface area (Å²) in [7, 11) is 0. The Bertz CT molecular complexity index is 396. The molecular formula is C15H23N3. The first-order valence-corrected chi connectivity index (χ1v) is 6.61. The fourth-order valence-electron chi connectivity index (χ4n) is 2.30. The zero-order valence-electron chi connectivity index (χ0n) is 11.8. The maximum absolute atomic E-state index is 8.96. The average molecular weight is 245 g/mol. The Morgan fingerprint density at radius 1 is 1.28 bits per heavy atom. The van der Waals surface area contributed by atoms with Gasteiger partial charge in [0.15, 0.2) is 0 Å². The molecule has 0 saturated heterocycles. The molecule has 0 bridgehead atoms. The molecule has 0 amide bonds. The van der Waals surface area contributed by atoms with Crippen LogP contribution in [0.1, 0.15) is 39.0 Å². The Labute approximate surface area is 110 Å². The topological polar surface area (TPSA) is 48.7 Å². The molecule has 0 aromatic carbocycles. The maximum Gasteiger partial charge on any atom is 0.144 e. The van der Waals surface area contributed by atoms with E-state index in [2.05, 4.69) is 44.1 Å². The van der Waals surface area contributed by atoms with Crippen molar-refractivity contribution in [1.29, 1.82) is 5.26 Å².